The van der Waals surface area contributed by atoms with Gasteiger partial charge in [0.15, 0.2) is 0 Å². The fourth-order valence-electron chi connectivity index (χ4n) is 1.94. The van der Waals surface area contributed by atoms with Crippen LogP contribution in [-0.2, 0) is 19.4 Å². The summed E-state index contributed by atoms with van der Waals surface area (Å²) in [5.41, 5.74) is 2.53. The van der Waals surface area contributed by atoms with Gasteiger partial charge in [-0.05, 0) is 61.6 Å². The van der Waals surface area contributed by atoms with Crippen molar-refractivity contribution in [3.8, 4) is 0 Å². The minimum atomic E-state index is 0.955. The summed E-state index contributed by atoms with van der Waals surface area (Å²) >= 11 is 3.68. The molecule has 0 aliphatic heterocycles. The van der Waals surface area contributed by atoms with Crippen LogP contribution in [0.15, 0.2) is 4.47 Å². The molecule has 0 radical (unpaired) electrons. The lowest BCUT2D eigenvalue weighted by Crippen LogP contribution is -2.17. The predicted molar refractivity (Wildman–Crippen MR) is 76.5 cm³/mol. The Kier molecular flexibility index (Phi) is 6.82. The first-order valence-corrected chi connectivity index (χ1v) is 7.48. The molecule has 1 N–H and O–H groups in total. The molecule has 4 heteroatoms. The molecular weight excluding hydrogens is 278 g/mol. The van der Waals surface area contributed by atoms with Crippen LogP contribution in [0.5, 0.6) is 0 Å². The number of hydrogen-bond acceptors (Lipinski definition) is 2. The molecule has 1 rings (SSSR count). The Morgan fingerprint density at radius 1 is 1.24 bits per heavy atom. The van der Waals surface area contributed by atoms with Crippen LogP contribution < -0.4 is 5.32 Å². The third-order valence-electron chi connectivity index (χ3n) is 2.89. The average Bonchev–Trinajstić information content (AvgIpc) is 2.65. The molecule has 0 amide bonds. The minimum Gasteiger partial charge on any atom is -0.317 e. The van der Waals surface area contributed by atoms with Crippen molar-refractivity contribution in [2.24, 2.45) is 0 Å². The number of nitrogens with one attached hydrogen (secondary N) is 1. The standard InChI is InChI=1S/C13H24BrN3/c1-4-9-15-10-7-8-12-13(14)11(5-2)16-17(12)6-3/h15H,4-10H2,1-3H3. The molecule has 1 heterocycles. The van der Waals surface area contributed by atoms with E-state index in [4.69, 9.17) is 0 Å². The Labute approximate surface area is 113 Å². The highest BCUT2D eigenvalue weighted by molar-refractivity contribution is 9.10. The molecule has 0 spiro atoms. The number of nitrogens with zero attached hydrogens (tertiary/aromatic N) is 2. The van der Waals surface area contributed by atoms with Gasteiger partial charge in [-0.3, -0.25) is 4.68 Å². The van der Waals surface area contributed by atoms with Crippen LogP contribution in [0.3, 0.4) is 0 Å². The number of aryl methyl sites for hydroxylation is 2. The molecule has 0 unspecified atom stereocenters. The van der Waals surface area contributed by atoms with Crippen LogP contribution in [0.25, 0.3) is 0 Å². The van der Waals surface area contributed by atoms with Crippen molar-refractivity contribution >= 4 is 15.9 Å². The second kappa shape index (κ2) is 7.88. The molecular formula is C13H24BrN3. The van der Waals surface area contributed by atoms with E-state index in [1.165, 1.54) is 28.7 Å². The fourth-order valence-corrected chi connectivity index (χ4v) is 2.70. The van der Waals surface area contributed by atoms with Crippen molar-refractivity contribution in [3.05, 3.63) is 15.9 Å². The Morgan fingerprint density at radius 3 is 2.59 bits per heavy atom. The van der Waals surface area contributed by atoms with Gasteiger partial charge in [0, 0.05) is 6.54 Å². The average molecular weight is 302 g/mol. The normalized spacial score (nSPS) is 11.1. The molecule has 0 saturated heterocycles. The Balaban J connectivity index is 2.54. The molecule has 0 fully saturated rings. The van der Waals surface area contributed by atoms with Gasteiger partial charge in [-0.1, -0.05) is 13.8 Å². The van der Waals surface area contributed by atoms with Crippen molar-refractivity contribution in [3.63, 3.8) is 0 Å². The molecule has 0 aliphatic rings. The highest BCUT2D eigenvalue weighted by Crippen LogP contribution is 2.23. The second-order valence-electron chi connectivity index (χ2n) is 4.23. The van der Waals surface area contributed by atoms with E-state index in [1.54, 1.807) is 0 Å². The van der Waals surface area contributed by atoms with Crippen LogP contribution >= 0.6 is 15.9 Å². The summed E-state index contributed by atoms with van der Waals surface area (Å²) < 4.78 is 3.35. The van der Waals surface area contributed by atoms with Crippen LogP contribution in [-0.4, -0.2) is 22.9 Å². The third kappa shape index (κ3) is 4.11. The molecule has 3 nitrogen and oxygen atoms in total. The summed E-state index contributed by atoms with van der Waals surface area (Å²) in [7, 11) is 0. The third-order valence-corrected chi connectivity index (χ3v) is 3.80. The quantitative estimate of drug-likeness (QED) is 0.748. The van der Waals surface area contributed by atoms with Gasteiger partial charge in [-0.15, -0.1) is 0 Å². The summed E-state index contributed by atoms with van der Waals surface area (Å²) in [6.07, 6.45) is 4.47. The van der Waals surface area contributed by atoms with Gasteiger partial charge in [0.2, 0.25) is 0 Å². The van der Waals surface area contributed by atoms with E-state index in [-0.39, 0.29) is 0 Å². The zero-order chi connectivity index (χ0) is 12.7. The second-order valence-corrected chi connectivity index (χ2v) is 5.02. The molecule has 0 aliphatic carbocycles. The lowest BCUT2D eigenvalue weighted by Gasteiger charge is -2.06. The van der Waals surface area contributed by atoms with E-state index < -0.39 is 0 Å². The molecule has 1 aromatic rings. The zero-order valence-electron chi connectivity index (χ0n) is 11.2. The van der Waals surface area contributed by atoms with E-state index in [0.717, 1.165) is 32.5 Å². The van der Waals surface area contributed by atoms with E-state index in [9.17, 15) is 0 Å². The molecule has 1 aromatic heterocycles. The predicted octanol–water partition coefficient (Wildman–Crippen LogP) is 3.16. The van der Waals surface area contributed by atoms with E-state index in [1.807, 2.05) is 0 Å². The topological polar surface area (TPSA) is 29.9 Å². The Hall–Kier alpha value is -0.350. The highest BCUT2D eigenvalue weighted by atomic mass is 79.9. The molecule has 98 valence electrons. The lowest BCUT2D eigenvalue weighted by molar-refractivity contribution is 0.584. The fraction of sp³-hybridized carbons (Fsp3) is 0.769. The molecule has 0 saturated carbocycles. The Morgan fingerprint density at radius 2 is 2.00 bits per heavy atom. The lowest BCUT2D eigenvalue weighted by atomic mass is 10.2. The summed E-state index contributed by atoms with van der Waals surface area (Å²) in [4.78, 5) is 0. The van der Waals surface area contributed by atoms with Gasteiger partial charge < -0.3 is 5.32 Å². The maximum atomic E-state index is 4.61. The van der Waals surface area contributed by atoms with Crippen molar-refractivity contribution < 1.29 is 0 Å². The first-order chi connectivity index (χ1) is 8.24. The molecule has 0 aromatic carbocycles. The molecule has 0 bridgehead atoms. The summed E-state index contributed by atoms with van der Waals surface area (Å²) in [5, 5.41) is 8.05. The monoisotopic (exact) mass is 301 g/mol. The van der Waals surface area contributed by atoms with E-state index >= 15 is 0 Å². The van der Waals surface area contributed by atoms with Gasteiger partial charge >= 0.3 is 0 Å². The first-order valence-electron chi connectivity index (χ1n) is 6.69. The summed E-state index contributed by atoms with van der Waals surface area (Å²) in [6, 6.07) is 0. The van der Waals surface area contributed by atoms with Crippen LogP contribution in [0.4, 0.5) is 0 Å². The Bertz CT molecular complexity index is 334. The van der Waals surface area contributed by atoms with Crippen molar-refractivity contribution in [2.75, 3.05) is 13.1 Å². The molecule has 0 atom stereocenters. The highest BCUT2D eigenvalue weighted by Gasteiger charge is 2.12. The number of hydrogen-bond donors (Lipinski definition) is 1. The maximum absolute atomic E-state index is 4.61. The van der Waals surface area contributed by atoms with Gasteiger partial charge in [0.1, 0.15) is 0 Å². The SMILES string of the molecule is CCCNCCCc1c(Br)c(CC)nn1CC. The van der Waals surface area contributed by atoms with Gasteiger partial charge in [0.25, 0.3) is 0 Å². The maximum Gasteiger partial charge on any atom is 0.0766 e. The van der Waals surface area contributed by atoms with Crippen molar-refractivity contribution in [2.45, 2.75) is 53.0 Å². The van der Waals surface area contributed by atoms with Gasteiger partial charge in [-0.25, -0.2) is 0 Å². The largest absolute Gasteiger partial charge is 0.317 e. The van der Waals surface area contributed by atoms with Crippen molar-refractivity contribution in [1.29, 1.82) is 0 Å². The van der Waals surface area contributed by atoms with Crippen LogP contribution in [0.1, 0.15) is 45.0 Å². The smallest absolute Gasteiger partial charge is 0.0766 e. The number of rotatable bonds is 8. The van der Waals surface area contributed by atoms with E-state index in [0.29, 0.717) is 0 Å². The minimum absolute atomic E-state index is 0.955. The number of aromatic nitrogens is 2. The van der Waals surface area contributed by atoms with Crippen LogP contribution in [0, 0.1) is 0 Å². The van der Waals surface area contributed by atoms with Crippen molar-refractivity contribution in [1.82, 2.24) is 15.1 Å². The van der Waals surface area contributed by atoms with Gasteiger partial charge in [0.05, 0.1) is 15.9 Å². The van der Waals surface area contributed by atoms with Gasteiger partial charge in [-0.2, -0.15) is 5.10 Å². The summed E-state index contributed by atoms with van der Waals surface area (Å²) in [6.45, 7) is 9.67. The number of halogens is 1. The zero-order valence-corrected chi connectivity index (χ0v) is 12.8. The molecule has 17 heavy (non-hydrogen) atoms. The first kappa shape index (κ1) is 14.7. The summed E-state index contributed by atoms with van der Waals surface area (Å²) in [5.74, 6) is 0. The van der Waals surface area contributed by atoms with Crippen LogP contribution in [0.2, 0.25) is 0 Å². The van der Waals surface area contributed by atoms with E-state index in [2.05, 4.69) is 51.8 Å².